The fraction of sp³-hybridized carbons (Fsp3) is 0.200. The molecule has 7 heteroatoms. The number of urea groups is 1. The van der Waals surface area contributed by atoms with E-state index in [9.17, 15) is 19.2 Å². The molecular weight excluding hydrogens is 346 g/mol. The SMILES string of the molecule is Cc1cccc(NC(=O)CN2C(=O)C(=O)N(Cc3ccccc3)C2=O)c1C. The average Bonchev–Trinajstić information content (AvgIpc) is 2.84. The first-order valence-electron chi connectivity index (χ1n) is 8.46. The van der Waals surface area contributed by atoms with Crippen molar-refractivity contribution in [3.63, 3.8) is 0 Å². The molecule has 2 aromatic rings. The Hall–Kier alpha value is -3.48. The maximum atomic E-state index is 12.5. The number of hydrogen-bond acceptors (Lipinski definition) is 4. The first-order valence-corrected chi connectivity index (χ1v) is 8.46. The summed E-state index contributed by atoms with van der Waals surface area (Å²) in [6.07, 6.45) is 0. The normalized spacial score (nSPS) is 14.1. The van der Waals surface area contributed by atoms with Crippen molar-refractivity contribution in [1.29, 1.82) is 0 Å². The van der Waals surface area contributed by atoms with E-state index in [1.165, 1.54) is 0 Å². The molecule has 3 rings (SSSR count). The number of aryl methyl sites for hydroxylation is 1. The van der Waals surface area contributed by atoms with E-state index in [0.29, 0.717) is 16.2 Å². The van der Waals surface area contributed by atoms with Crippen LogP contribution < -0.4 is 5.32 Å². The number of hydrogen-bond donors (Lipinski definition) is 1. The Morgan fingerprint density at radius 2 is 1.56 bits per heavy atom. The molecule has 0 aliphatic carbocycles. The van der Waals surface area contributed by atoms with Gasteiger partial charge >= 0.3 is 17.8 Å². The number of nitrogens with zero attached hydrogens (tertiary/aromatic N) is 2. The van der Waals surface area contributed by atoms with Crippen LogP contribution in [0.5, 0.6) is 0 Å². The van der Waals surface area contributed by atoms with Gasteiger partial charge < -0.3 is 5.32 Å². The molecule has 1 fully saturated rings. The first-order chi connectivity index (χ1) is 12.9. The third kappa shape index (κ3) is 3.72. The maximum Gasteiger partial charge on any atom is 0.335 e. The minimum atomic E-state index is -0.993. The van der Waals surface area contributed by atoms with Gasteiger partial charge in [-0.05, 0) is 36.6 Å². The lowest BCUT2D eigenvalue weighted by molar-refractivity contribution is -0.143. The van der Waals surface area contributed by atoms with Gasteiger partial charge in [0.05, 0.1) is 6.54 Å². The molecule has 27 heavy (non-hydrogen) atoms. The van der Waals surface area contributed by atoms with Gasteiger partial charge in [-0.25, -0.2) is 9.69 Å². The molecule has 5 amide bonds. The number of rotatable bonds is 5. The lowest BCUT2D eigenvalue weighted by Crippen LogP contribution is -2.39. The summed E-state index contributed by atoms with van der Waals surface area (Å²) in [6.45, 7) is 3.25. The van der Waals surface area contributed by atoms with Gasteiger partial charge in [0.25, 0.3) is 0 Å². The van der Waals surface area contributed by atoms with Gasteiger partial charge in [0, 0.05) is 5.69 Å². The van der Waals surface area contributed by atoms with Crippen LogP contribution in [0.25, 0.3) is 0 Å². The van der Waals surface area contributed by atoms with E-state index in [0.717, 1.165) is 16.0 Å². The third-order valence-electron chi connectivity index (χ3n) is 4.50. The lowest BCUT2D eigenvalue weighted by atomic mass is 10.1. The Kier molecular flexibility index (Phi) is 5.03. The largest absolute Gasteiger partial charge is 0.335 e. The minimum absolute atomic E-state index is 0.0145. The zero-order valence-corrected chi connectivity index (χ0v) is 15.1. The van der Waals surface area contributed by atoms with Crippen molar-refractivity contribution in [2.75, 3.05) is 11.9 Å². The zero-order chi connectivity index (χ0) is 19.6. The molecule has 1 N–H and O–H groups in total. The van der Waals surface area contributed by atoms with Gasteiger partial charge in [-0.2, -0.15) is 0 Å². The van der Waals surface area contributed by atoms with Crippen LogP contribution in [-0.2, 0) is 20.9 Å². The van der Waals surface area contributed by atoms with Crippen molar-refractivity contribution in [2.24, 2.45) is 0 Å². The summed E-state index contributed by atoms with van der Waals surface area (Å²) in [7, 11) is 0. The minimum Gasteiger partial charge on any atom is -0.324 e. The molecule has 2 aromatic carbocycles. The quantitative estimate of drug-likeness (QED) is 0.650. The highest BCUT2D eigenvalue weighted by molar-refractivity contribution is 6.45. The van der Waals surface area contributed by atoms with Crippen LogP contribution in [0.2, 0.25) is 0 Å². The van der Waals surface area contributed by atoms with Crippen LogP contribution in [0.3, 0.4) is 0 Å². The average molecular weight is 365 g/mol. The number of anilines is 1. The standard InChI is InChI=1S/C20H19N3O4/c1-13-7-6-10-16(14(13)2)21-17(24)12-23-19(26)18(25)22(20(23)27)11-15-8-4-3-5-9-15/h3-10H,11-12H2,1-2H3,(H,21,24). The van der Waals surface area contributed by atoms with Crippen molar-refractivity contribution < 1.29 is 19.2 Å². The zero-order valence-electron chi connectivity index (χ0n) is 15.1. The summed E-state index contributed by atoms with van der Waals surface area (Å²) in [4.78, 5) is 50.6. The van der Waals surface area contributed by atoms with E-state index in [-0.39, 0.29) is 6.54 Å². The van der Waals surface area contributed by atoms with E-state index < -0.39 is 30.3 Å². The topological polar surface area (TPSA) is 86.8 Å². The van der Waals surface area contributed by atoms with E-state index in [1.54, 1.807) is 36.4 Å². The molecule has 1 aliphatic rings. The fourth-order valence-electron chi connectivity index (χ4n) is 2.82. The van der Waals surface area contributed by atoms with Crippen LogP contribution in [0.4, 0.5) is 10.5 Å². The van der Waals surface area contributed by atoms with Crippen LogP contribution in [0.15, 0.2) is 48.5 Å². The predicted molar refractivity (Wildman–Crippen MR) is 98.6 cm³/mol. The van der Waals surface area contributed by atoms with Crippen LogP contribution in [-0.4, -0.2) is 40.1 Å². The van der Waals surface area contributed by atoms with Gasteiger partial charge in [0.2, 0.25) is 5.91 Å². The molecule has 0 bridgehead atoms. The Labute approximate surface area is 156 Å². The Morgan fingerprint density at radius 3 is 2.26 bits per heavy atom. The number of benzene rings is 2. The summed E-state index contributed by atoms with van der Waals surface area (Å²) in [5.41, 5.74) is 3.22. The molecule has 1 aliphatic heterocycles. The van der Waals surface area contributed by atoms with Gasteiger partial charge in [0.1, 0.15) is 6.54 Å². The smallest absolute Gasteiger partial charge is 0.324 e. The molecule has 1 heterocycles. The molecule has 0 radical (unpaired) electrons. The molecule has 0 unspecified atom stereocenters. The van der Waals surface area contributed by atoms with Crippen LogP contribution in [0, 0.1) is 13.8 Å². The Balaban J connectivity index is 1.70. The second-order valence-corrected chi connectivity index (χ2v) is 6.35. The molecule has 7 nitrogen and oxygen atoms in total. The summed E-state index contributed by atoms with van der Waals surface area (Å²) in [5, 5.41) is 2.68. The van der Waals surface area contributed by atoms with E-state index in [4.69, 9.17) is 0 Å². The van der Waals surface area contributed by atoms with E-state index in [1.807, 2.05) is 26.0 Å². The van der Waals surface area contributed by atoms with Crippen molar-refractivity contribution in [2.45, 2.75) is 20.4 Å². The molecule has 138 valence electrons. The molecule has 0 atom stereocenters. The van der Waals surface area contributed by atoms with Gasteiger partial charge in [0.15, 0.2) is 0 Å². The van der Waals surface area contributed by atoms with Gasteiger partial charge in [-0.1, -0.05) is 42.5 Å². The number of imide groups is 2. The molecule has 0 saturated carbocycles. The van der Waals surface area contributed by atoms with Crippen molar-refractivity contribution in [1.82, 2.24) is 9.80 Å². The lowest BCUT2D eigenvalue weighted by Gasteiger charge is -2.16. The molecule has 0 aromatic heterocycles. The summed E-state index contributed by atoms with van der Waals surface area (Å²) < 4.78 is 0. The van der Waals surface area contributed by atoms with Crippen LogP contribution >= 0.6 is 0 Å². The Bertz CT molecular complexity index is 924. The highest BCUT2D eigenvalue weighted by Gasteiger charge is 2.45. The highest BCUT2D eigenvalue weighted by atomic mass is 16.2. The predicted octanol–water partition coefficient (Wildman–Crippen LogP) is 2.23. The monoisotopic (exact) mass is 365 g/mol. The molecular formula is C20H19N3O4. The van der Waals surface area contributed by atoms with Gasteiger partial charge in [-0.3, -0.25) is 19.3 Å². The second-order valence-electron chi connectivity index (χ2n) is 6.35. The number of nitrogens with one attached hydrogen (secondary N) is 1. The van der Waals surface area contributed by atoms with E-state index in [2.05, 4.69) is 5.32 Å². The Morgan fingerprint density at radius 1 is 0.889 bits per heavy atom. The first kappa shape index (κ1) is 18.3. The summed E-state index contributed by atoms with van der Waals surface area (Å²) >= 11 is 0. The van der Waals surface area contributed by atoms with Gasteiger partial charge in [-0.15, -0.1) is 0 Å². The van der Waals surface area contributed by atoms with E-state index >= 15 is 0 Å². The van der Waals surface area contributed by atoms with Crippen molar-refractivity contribution in [3.8, 4) is 0 Å². The fourth-order valence-corrected chi connectivity index (χ4v) is 2.82. The molecule has 1 saturated heterocycles. The number of amides is 5. The summed E-state index contributed by atoms with van der Waals surface area (Å²) in [5.74, 6) is -2.46. The highest BCUT2D eigenvalue weighted by Crippen LogP contribution is 2.19. The summed E-state index contributed by atoms with van der Waals surface area (Å²) in [6, 6.07) is 13.5. The van der Waals surface area contributed by atoms with Crippen molar-refractivity contribution >= 4 is 29.4 Å². The number of carbonyl (C=O) groups is 4. The molecule has 0 spiro atoms. The van der Waals surface area contributed by atoms with Crippen LogP contribution in [0.1, 0.15) is 16.7 Å². The second kappa shape index (κ2) is 7.41. The third-order valence-corrected chi connectivity index (χ3v) is 4.50. The van der Waals surface area contributed by atoms with Crippen molar-refractivity contribution in [3.05, 3.63) is 65.2 Å². The maximum absolute atomic E-state index is 12.5. The number of carbonyl (C=O) groups excluding carboxylic acids is 4.